The van der Waals surface area contributed by atoms with E-state index in [0.717, 1.165) is 34.1 Å². The van der Waals surface area contributed by atoms with Crippen LogP contribution in [0.5, 0.6) is 0 Å². The lowest BCUT2D eigenvalue weighted by Gasteiger charge is -2.27. The second-order valence-corrected chi connectivity index (χ2v) is 9.57. The Bertz CT molecular complexity index is 1510. The fourth-order valence-corrected chi connectivity index (χ4v) is 4.74. The number of para-hydroxylation sites is 6. The smallest absolute Gasteiger partial charge is 0.335 e. The molecule has 0 atom stereocenters. The van der Waals surface area contributed by atoms with Crippen LogP contribution in [-0.2, 0) is 19.1 Å². The molecule has 5 rings (SSSR count). The zero-order valence-electron chi connectivity index (χ0n) is 23.4. The number of esters is 2. The first kappa shape index (κ1) is 28.0. The van der Waals surface area contributed by atoms with E-state index in [2.05, 4.69) is 21.3 Å². The minimum atomic E-state index is -0.482. The Labute approximate surface area is 245 Å². The van der Waals surface area contributed by atoms with Crippen molar-refractivity contribution in [3.63, 3.8) is 0 Å². The van der Waals surface area contributed by atoms with Gasteiger partial charge in [-0.05, 0) is 48.5 Å². The number of hydrogen-bond donors (Lipinski definition) is 4. The molecule has 0 saturated heterocycles. The van der Waals surface area contributed by atoms with E-state index in [1.165, 1.54) is 14.2 Å². The molecule has 4 aromatic rings. The van der Waals surface area contributed by atoms with Crippen molar-refractivity contribution in [2.45, 2.75) is 12.8 Å². The molecule has 42 heavy (non-hydrogen) atoms. The predicted octanol–water partition coefficient (Wildman–Crippen LogP) is 7.35. The molecule has 0 saturated carbocycles. The zero-order chi connectivity index (χ0) is 29.3. The van der Waals surface area contributed by atoms with Gasteiger partial charge in [-0.15, -0.1) is 0 Å². The van der Waals surface area contributed by atoms with Gasteiger partial charge < -0.3 is 30.7 Å². The van der Waals surface area contributed by atoms with Crippen LogP contribution in [0.25, 0.3) is 0 Å². The minimum absolute atomic E-state index is 0.132. The Morgan fingerprint density at radius 3 is 1.12 bits per heavy atom. The molecule has 0 radical (unpaired) electrons. The summed E-state index contributed by atoms with van der Waals surface area (Å²) >= 11 is 0. The number of benzene rings is 4. The van der Waals surface area contributed by atoms with E-state index in [1.54, 1.807) is 0 Å². The summed E-state index contributed by atoms with van der Waals surface area (Å²) in [6, 6.07) is 34.9. The Balaban J connectivity index is 1.47. The number of nitrogens with one attached hydrogen (secondary N) is 4. The van der Waals surface area contributed by atoms with E-state index in [1.807, 2.05) is 109 Å². The van der Waals surface area contributed by atoms with E-state index in [-0.39, 0.29) is 12.8 Å². The van der Waals surface area contributed by atoms with Crippen LogP contribution in [-0.4, -0.2) is 26.2 Å². The average Bonchev–Trinajstić information content (AvgIpc) is 3.03. The first-order valence-electron chi connectivity index (χ1n) is 13.5. The molecule has 4 aromatic carbocycles. The summed E-state index contributed by atoms with van der Waals surface area (Å²) in [5, 5.41) is 13.6. The highest BCUT2D eigenvalue weighted by molar-refractivity contribution is 5.97. The van der Waals surface area contributed by atoms with E-state index in [9.17, 15) is 9.59 Å². The maximum atomic E-state index is 13.1. The number of hydrogen-bond acceptors (Lipinski definition) is 8. The van der Waals surface area contributed by atoms with Crippen LogP contribution in [0.1, 0.15) is 12.8 Å². The maximum Gasteiger partial charge on any atom is 0.335 e. The Morgan fingerprint density at radius 2 is 0.786 bits per heavy atom. The number of ether oxygens (including phenoxy) is 2. The lowest BCUT2D eigenvalue weighted by atomic mass is 9.92. The summed E-state index contributed by atoms with van der Waals surface area (Å²) in [7, 11) is 2.70. The van der Waals surface area contributed by atoms with E-state index < -0.39 is 11.9 Å². The zero-order valence-corrected chi connectivity index (χ0v) is 23.4. The molecule has 1 aliphatic carbocycles. The molecule has 0 fully saturated rings. The lowest BCUT2D eigenvalue weighted by molar-refractivity contribution is -0.137. The quantitative estimate of drug-likeness (QED) is 0.149. The monoisotopic (exact) mass is 560 g/mol. The fraction of sp³-hybridized carbons (Fsp3) is 0.118. The van der Waals surface area contributed by atoms with Crippen LogP contribution in [0.2, 0.25) is 0 Å². The van der Waals surface area contributed by atoms with Crippen molar-refractivity contribution in [3.05, 3.63) is 132 Å². The third kappa shape index (κ3) is 6.62. The van der Waals surface area contributed by atoms with E-state index in [0.29, 0.717) is 22.5 Å². The van der Waals surface area contributed by atoms with Gasteiger partial charge >= 0.3 is 11.9 Å². The molecule has 0 aromatic heterocycles. The highest BCUT2D eigenvalue weighted by Crippen LogP contribution is 2.37. The average molecular weight is 561 g/mol. The molecule has 1 aliphatic rings. The van der Waals surface area contributed by atoms with Gasteiger partial charge in [0.1, 0.15) is 0 Å². The van der Waals surface area contributed by atoms with Gasteiger partial charge in [-0.1, -0.05) is 60.7 Å². The first-order chi connectivity index (χ1) is 20.6. The third-order valence-corrected chi connectivity index (χ3v) is 6.83. The first-order valence-corrected chi connectivity index (χ1v) is 13.5. The Morgan fingerprint density at radius 1 is 0.476 bits per heavy atom. The third-order valence-electron chi connectivity index (χ3n) is 6.83. The second kappa shape index (κ2) is 13.2. The summed E-state index contributed by atoms with van der Waals surface area (Å²) in [6.45, 7) is 0. The molecule has 212 valence electrons. The summed E-state index contributed by atoms with van der Waals surface area (Å²) in [6.07, 6.45) is 0.265. The van der Waals surface area contributed by atoms with Gasteiger partial charge in [0.15, 0.2) is 0 Å². The highest BCUT2D eigenvalue weighted by atomic mass is 16.5. The Hall–Kier alpha value is -5.50. The van der Waals surface area contributed by atoms with Crippen LogP contribution in [0, 0.1) is 0 Å². The summed E-state index contributed by atoms with van der Waals surface area (Å²) < 4.78 is 10.4. The van der Waals surface area contributed by atoms with Gasteiger partial charge in [0, 0.05) is 35.6 Å². The van der Waals surface area contributed by atoms with Crippen molar-refractivity contribution in [1.29, 1.82) is 0 Å². The molecular formula is C34H32N4O4. The summed E-state index contributed by atoms with van der Waals surface area (Å²) in [5.74, 6) is -0.963. The van der Waals surface area contributed by atoms with Crippen LogP contribution in [0.15, 0.2) is 132 Å². The number of rotatable bonds is 10. The van der Waals surface area contributed by atoms with E-state index >= 15 is 0 Å². The van der Waals surface area contributed by atoms with Crippen LogP contribution >= 0.6 is 0 Å². The molecular weight excluding hydrogens is 528 g/mol. The molecule has 0 amide bonds. The number of methoxy groups -OCH3 is 2. The van der Waals surface area contributed by atoms with Gasteiger partial charge in [-0.2, -0.15) is 0 Å². The predicted molar refractivity (Wildman–Crippen MR) is 167 cm³/mol. The van der Waals surface area contributed by atoms with Gasteiger partial charge in [-0.3, -0.25) is 0 Å². The number of carbonyl (C=O) groups excluding carboxylic acids is 2. The van der Waals surface area contributed by atoms with Crippen molar-refractivity contribution < 1.29 is 19.1 Å². The van der Waals surface area contributed by atoms with Crippen LogP contribution in [0.3, 0.4) is 0 Å². The maximum absolute atomic E-state index is 13.1. The molecule has 0 aliphatic heterocycles. The van der Waals surface area contributed by atoms with Crippen molar-refractivity contribution in [1.82, 2.24) is 0 Å². The molecule has 8 nitrogen and oxygen atoms in total. The molecule has 0 bridgehead atoms. The molecule has 0 unspecified atom stereocenters. The van der Waals surface area contributed by atoms with Gasteiger partial charge in [0.05, 0.1) is 48.1 Å². The standard InChI is InChI=1S/C34H32N4O4/c1-41-33(39)25-21-32(38-30-20-12-10-18-28(30)36-24-15-7-4-8-16-24)26(34(40)42-2)22-31(25)37-29-19-11-9-17-27(29)35-23-13-5-3-6-14-23/h3-20,35-38H,21-22H2,1-2H3. The van der Waals surface area contributed by atoms with Crippen LogP contribution < -0.4 is 21.3 Å². The van der Waals surface area contributed by atoms with Crippen molar-refractivity contribution in [2.24, 2.45) is 0 Å². The number of allylic oxidation sites excluding steroid dienone is 2. The topological polar surface area (TPSA) is 101 Å². The number of carbonyl (C=O) groups is 2. The SMILES string of the molecule is COC(=O)C1=C(Nc2ccccc2Nc2ccccc2)CC(C(=O)OC)=C(Nc2ccccc2Nc2ccccc2)C1. The van der Waals surface area contributed by atoms with Gasteiger partial charge in [-0.25, -0.2) is 9.59 Å². The molecule has 4 N–H and O–H groups in total. The summed E-state index contributed by atoms with van der Waals surface area (Å²) in [5.41, 5.74) is 6.90. The summed E-state index contributed by atoms with van der Waals surface area (Å²) in [4.78, 5) is 26.2. The fourth-order valence-electron chi connectivity index (χ4n) is 4.74. The lowest BCUT2D eigenvalue weighted by Crippen LogP contribution is -2.24. The van der Waals surface area contributed by atoms with Gasteiger partial charge in [0.25, 0.3) is 0 Å². The molecule has 0 spiro atoms. The van der Waals surface area contributed by atoms with Crippen molar-refractivity contribution in [2.75, 3.05) is 35.5 Å². The molecule has 8 heteroatoms. The van der Waals surface area contributed by atoms with Gasteiger partial charge in [0.2, 0.25) is 0 Å². The van der Waals surface area contributed by atoms with Crippen molar-refractivity contribution in [3.8, 4) is 0 Å². The van der Waals surface area contributed by atoms with Crippen molar-refractivity contribution >= 4 is 46.1 Å². The van der Waals surface area contributed by atoms with Crippen LogP contribution in [0.4, 0.5) is 34.1 Å². The second-order valence-electron chi connectivity index (χ2n) is 9.57. The largest absolute Gasteiger partial charge is 0.466 e. The molecule has 0 heterocycles. The minimum Gasteiger partial charge on any atom is -0.466 e. The number of anilines is 6. The Kier molecular flexibility index (Phi) is 8.84. The van der Waals surface area contributed by atoms with E-state index in [4.69, 9.17) is 9.47 Å². The normalized spacial score (nSPS) is 12.8. The highest BCUT2D eigenvalue weighted by Gasteiger charge is 2.30.